The molecular weight excluding hydrogens is 234 g/mol. The average molecular weight is 242 g/mol. The second-order valence-corrected chi connectivity index (χ2v) is 4.33. The summed E-state index contributed by atoms with van der Waals surface area (Å²) < 4.78 is 6.56. The number of nitrogens with zero attached hydrogens (tertiary/aromatic N) is 1. The summed E-state index contributed by atoms with van der Waals surface area (Å²) in [6, 6.07) is 4.37. The normalized spacial score (nSPS) is 10.8. The van der Waals surface area contributed by atoms with E-state index in [9.17, 15) is 0 Å². The minimum Gasteiger partial charge on any atom is -0.200 e. The van der Waals surface area contributed by atoms with Crippen LogP contribution in [0.3, 0.4) is 0 Å². The molecule has 1 heterocycles. The highest BCUT2D eigenvalue weighted by molar-refractivity contribution is 9.10. The third-order valence-electron chi connectivity index (χ3n) is 1.88. The van der Waals surface area contributed by atoms with E-state index in [-0.39, 0.29) is 0 Å². The van der Waals surface area contributed by atoms with Gasteiger partial charge in [0.15, 0.2) is 0 Å². The van der Waals surface area contributed by atoms with Crippen LogP contribution in [0.2, 0.25) is 0 Å². The lowest BCUT2D eigenvalue weighted by molar-refractivity contribution is 1.14. The second-order valence-electron chi connectivity index (χ2n) is 2.68. The molecule has 1 nitrogen and oxygen atoms in total. The molecule has 1 aromatic heterocycles. The smallest absolute Gasteiger partial charge is 0.0692 e. The quantitative estimate of drug-likeness (QED) is 0.744. The van der Waals surface area contributed by atoms with Gasteiger partial charge < -0.3 is 0 Å². The van der Waals surface area contributed by atoms with Crippen LogP contribution in [0.5, 0.6) is 0 Å². The summed E-state index contributed by atoms with van der Waals surface area (Å²) in [5.74, 6) is 0. The van der Waals surface area contributed by atoms with Crippen molar-refractivity contribution in [1.29, 1.82) is 0 Å². The van der Waals surface area contributed by atoms with E-state index in [1.54, 1.807) is 0 Å². The van der Waals surface area contributed by atoms with Crippen LogP contribution in [0.4, 0.5) is 0 Å². The first kappa shape index (κ1) is 8.20. The predicted octanol–water partition coefficient (Wildman–Crippen LogP) is 3.62. The zero-order valence-electron chi connectivity index (χ0n) is 6.67. The lowest BCUT2D eigenvalue weighted by Gasteiger charge is -1.98. The molecule has 2 rings (SSSR count). The Morgan fingerprint density at radius 2 is 2.33 bits per heavy atom. The number of rotatable bonds is 1. The Morgan fingerprint density at radius 3 is 3.08 bits per heavy atom. The molecule has 2 aromatic rings. The number of hydrogen-bond acceptors (Lipinski definition) is 2. The van der Waals surface area contributed by atoms with Crippen LogP contribution < -0.4 is 0 Å². The van der Waals surface area contributed by atoms with E-state index in [0.717, 1.165) is 6.42 Å². The highest BCUT2D eigenvalue weighted by Gasteiger charge is 2.02. The monoisotopic (exact) mass is 241 g/mol. The molecule has 0 N–H and O–H groups in total. The van der Waals surface area contributed by atoms with Crippen molar-refractivity contribution in [3.8, 4) is 0 Å². The van der Waals surface area contributed by atoms with E-state index in [4.69, 9.17) is 0 Å². The Balaban J connectivity index is 2.75. The molecule has 0 amide bonds. The largest absolute Gasteiger partial charge is 0.200 e. The van der Waals surface area contributed by atoms with Gasteiger partial charge in [0.05, 0.1) is 4.70 Å². The van der Waals surface area contributed by atoms with Gasteiger partial charge in [0.1, 0.15) is 0 Å². The van der Waals surface area contributed by atoms with E-state index < -0.39 is 0 Å². The van der Waals surface area contributed by atoms with Gasteiger partial charge in [-0.05, 0) is 51.6 Å². The van der Waals surface area contributed by atoms with E-state index in [0.29, 0.717) is 0 Å². The molecule has 0 radical (unpaired) electrons. The van der Waals surface area contributed by atoms with Crippen LogP contribution in [-0.4, -0.2) is 4.37 Å². The first-order valence-corrected chi connectivity index (χ1v) is 5.40. The van der Waals surface area contributed by atoms with Crippen LogP contribution in [0.25, 0.3) is 10.1 Å². The molecule has 12 heavy (non-hydrogen) atoms. The fourth-order valence-corrected chi connectivity index (χ4v) is 2.58. The third kappa shape index (κ3) is 1.27. The van der Waals surface area contributed by atoms with Crippen LogP contribution in [0.15, 0.2) is 22.8 Å². The Bertz CT molecular complexity index is 408. The van der Waals surface area contributed by atoms with Gasteiger partial charge in [-0.3, -0.25) is 0 Å². The molecule has 62 valence electrons. The second kappa shape index (κ2) is 3.15. The van der Waals surface area contributed by atoms with Crippen molar-refractivity contribution in [2.24, 2.45) is 0 Å². The summed E-state index contributed by atoms with van der Waals surface area (Å²) in [6.07, 6.45) is 2.99. The van der Waals surface area contributed by atoms with Gasteiger partial charge in [0.25, 0.3) is 0 Å². The van der Waals surface area contributed by atoms with E-state index in [2.05, 4.69) is 39.4 Å². The predicted molar refractivity (Wildman–Crippen MR) is 56.7 cm³/mol. The fourth-order valence-electron chi connectivity index (χ4n) is 1.21. The first-order chi connectivity index (χ1) is 5.81. The van der Waals surface area contributed by atoms with Crippen LogP contribution >= 0.6 is 27.5 Å². The van der Waals surface area contributed by atoms with Crippen molar-refractivity contribution in [2.75, 3.05) is 0 Å². The van der Waals surface area contributed by atoms with Gasteiger partial charge in [-0.25, -0.2) is 0 Å². The molecule has 0 saturated heterocycles. The Morgan fingerprint density at radius 1 is 1.50 bits per heavy atom. The molecule has 0 atom stereocenters. The highest BCUT2D eigenvalue weighted by atomic mass is 79.9. The van der Waals surface area contributed by atoms with Crippen LogP contribution in [-0.2, 0) is 6.42 Å². The molecule has 0 aliphatic heterocycles. The molecule has 0 saturated carbocycles. The highest BCUT2D eigenvalue weighted by Crippen LogP contribution is 2.28. The minimum atomic E-state index is 1.07. The molecule has 0 aliphatic rings. The Hall–Kier alpha value is -0.410. The van der Waals surface area contributed by atoms with Gasteiger partial charge in [-0.1, -0.05) is 6.92 Å². The first-order valence-electron chi connectivity index (χ1n) is 3.84. The van der Waals surface area contributed by atoms with Crippen molar-refractivity contribution in [3.05, 3.63) is 28.4 Å². The van der Waals surface area contributed by atoms with Crippen LogP contribution in [0.1, 0.15) is 12.5 Å². The summed E-state index contributed by atoms with van der Waals surface area (Å²) in [5.41, 5.74) is 1.36. The SMILES string of the molecule is CCc1cc(Br)c2sncc2c1. The lowest BCUT2D eigenvalue weighted by Crippen LogP contribution is -1.78. The maximum atomic E-state index is 4.15. The number of aromatic nitrogens is 1. The van der Waals surface area contributed by atoms with Gasteiger partial charge >= 0.3 is 0 Å². The zero-order valence-corrected chi connectivity index (χ0v) is 9.08. The summed E-state index contributed by atoms with van der Waals surface area (Å²) in [6.45, 7) is 2.16. The van der Waals surface area contributed by atoms with Gasteiger partial charge in [0.2, 0.25) is 0 Å². The van der Waals surface area contributed by atoms with E-state index >= 15 is 0 Å². The molecule has 0 bridgehead atoms. The zero-order chi connectivity index (χ0) is 8.55. The Kier molecular flexibility index (Phi) is 2.15. The number of fused-ring (bicyclic) bond motifs is 1. The summed E-state index contributed by atoms with van der Waals surface area (Å²) >= 11 is 5.07. The topological polar surface area (TPSA) is 12.9 Å². The molecule has 1 aromatic carbocycles. The van der Waals surface area contributed by atoms with Gasteiger partial charge in [-0.2, -0.15) is 4.37 Å². The molecular formula is C9H8BrNS. The fraction of sp³-hybridized carbons (Fsp3) is 0.222. The molecule has 0 fully saturated rings. The Labute approximate surface area is 83.7 Å². The summed E-state index contributed by atoms with van der Waals surface area (Å²) in [5, 5.41) is 1.24. The number of halogens is 1. The van der Waals surface area contributed by atoms with Crippen LogP contribution in [0, 0.1) is 0 Å². The number of benzene rings is 1. The minimum absolute atomic E-state index is 1.07. The van der Waals surface area contributed by atoms with E-state index in [1.165, 1.54) is 31.7 Å². The molecule has 0 aliphatic carbocycles. The van der Waals surface area contributed by atoms with Gasteiger partial charge in [-0.15, -0.1) is 0 Å². The lowest BCUT2D eigenvalue weighted by atomic mass is 10.1. The van der Waals surface area contributed by atoms with Crippen molar-refractivity contribution < 1.29 is 0 Å². The molecule has 0 unspecified atom stereocenters. The summed E-state index contributed by atoms with van der Waals surface area (Å²) in [4.78, 5) is 0. The summed E-state index contributed by atoms with van der Waals surface area (Å²) in [7, 11) is 0. The van der Waals surface area contributed by atoms with E-state index in [1.807, 2.05) is 6.20 Å². The van der Waals surface area contributed by atoms with Gasteiger partial charge in [0, 0.05) is 16.1 Å². The maximum absolute atomic E-state index is 4.15. The maximum Gasteiger partial charge on any atom is 0.0692 e. The van der Waals surface area contributed by atoms with Crippen molar-refractivity contribution in [3.63, 3.8) is 0 Å². The van der Waals surface area contributed by atoms with Crippen molar-refractivity contribution in [2.45, 2.75) is 13.3 Å². The third-order valence-corrected chi connectivity index (χ3v) is 3.61. The molecule has 3 heteroatoms. The standard InChI is InChI=1S/C9H8BrNS/c1-2-6-3-7-5-11-12-9(7)8(10)4-6/h3-5H,2H2,1H3. The number of aryl methyl sites for hydroxylation is 1. The molecule has 0 spiro atoms. The average Bonchev–Trinajstić information content (AvgIpc) is 2.52. The van der Waals surface area contributed by atoms with Crippen molar-refractivity contribution >= 4 is 37.5 Å². The number of hydrogen-bond donors (Lipinski definition) is 0. The van der Waals surface area contributed by atoms with Crippen molar-refractivity contribution in [1.82, 2.24) is 4.37 Å².